The second-order valence-corrected chi connectivity index (χ2v) is 8.11. The summed E-state index contributed by atoms with van der Waals surface area (Å²) in [5, 5.41) is 9.16. The van der Waals surface area contributed by atoms with E-state index in [1.807, 2.05) is 0 Å². The van der Waals surface area contributed by atoms with Gasteiger partial charge in [0.2, 0.25) is 10.0 Å². The Bertz CT molecular complexity index is 669. The Morgan fingerprint density at radius 1 is 1.38 bits per heavy atom. The van der Waals surface area contributed by atoms with E-state index in [1.54, 1.807) is 6.92 Å². The molecule has 0 aromatic heterocycles. The fourth-order valence-electron chi connectivity index (χ4n) is 2.26. The molecular formula is C13H15BrFNO4S. The average Bonchev–Trinajstić information content (AvgIpc) is 2.38. The van der Waals surface area contributed by atoms with Crippen molar-refractivity contribution in [3.8, 4) is 0 Å². The summed E-state index contributed by atoms with van der Waals surface area (Å²) in [5.74, 6) is -1.44. The van der Waals surface area contributed by atoms with Crippen LogP contribution in [0.15, 0.2) is 27.6 Å². The van der Waals surface area contributed by atoms with E-state index in [-0.39, 0.29) is 35.3 Å². The van der Waals surface area contributed by atoms with Crippen LogP contribution in [0.1, 0.15) is 19.8 Å². The Hall–Kier alpha value is -0.990. The van der Waals surface area contributed by atoms with Gasteiger partial charge < -0.3 is 5.11 Å². The van der Waals surface area contributed by atoms with Gasteiger partial charge in [0.25, 0.3) is 0 Å². The van der Waals surface area contributed by atoms with E-state index in [0.717, 1.165) is 12.1 Å². The standard InChI is InChI=1S/C13H15BrFNO4S/c1-13(12(17)18)4-6-16(7-5-13)21(19,20)11-3-2-9(15)8-10(11)14/h2-3,8H,4-7H2,1H3,(H,17,18). The Morgan fingerprint density at radius 2 is 1.95 bits per heavy atom. The van der Waals surface area contributed by atoms with E-state index in [2.05, 4.69) is 15.9 Å². The van der Waals surface area contributed by atoms with E-state index in [0.29, 0.717) is 0 Å². The van der Waals surface area contributed by atoms with Gasteiger partial charge in [-0.05, 0) is 53.9 Å². The smallest absolute Gasteiger partial charge is 0.309 e. The molecule has 1 aromatic rings. The summed E-state index contributed by atoms with van der Waals surface area (Å²) in [7, 11) is -3.76. The number of aliphatic carboxylic acids is 1. The molecule has 1 saturated heterocycles. The molecule has 2 rings (SSSR count). The molecule has 1 aromatic carbocycles. The molecule has 8 heteroatoms. The lowest BCUT2D eigenvalue weighted by atomic mass is 9.81. The first-order valence-electron chi connectivity index (χ1n) is 6.35. The van der Waals surface area contributed by atoms with Crippen LogP contribution < -0.4 is 0 Å². The maximum Gasteiger partial charge on any atom is 0.309 e. The largest absolute Gasteiger partial charge is 0.481 e. The van der Waals surface area contributed by atoms with Gasteiger partial charge in [-0.3, -0.25) is 4.79 Å². The Balaban J connectivity index is 2.25. The first-order chi connectivity index (χ1) is 9.67. The Morgan fingerprint density at radius 3 is 2.43 bits per heavy atom. The van der Waals surface area contributed by atoms with E-state index in [4.69, 9.17) is 5.11 Å². The summed E-state index contributed by atoms with van der Waals surface area (Å²) >= 11 is 3.06. The fourth-order valence-corrected chi connectivity index (χ4v) is 4.71. The molecule has 5 nitrogen and oxygen atoms in total. The molecule has 1 aliphatic rings. The van der Waals surface area contributed by atoms with Gasteiger partial charge in [-0.2, -0.15) is 4.31 Å². The van der Waals surface area contributed by atoms with Crippen LogP contribution in [-0.4, -0.2) is 36.9 Å². The number of carboxylic acid groups (broad SMARTS) is 1. The van der Waals surface area contributed by atoms with Crippen molar-refractivity contribution in [2.24, 2.45) is 5.41 Å². The number of benzene rings is 1. The summed E-state index contributed by atoms with van der Waals surface area (Å²) < 4.78 is 39.5. The predicted octanol–water partition coefficient (Wildman–Crippen LogP) is 2.46. The maximum absolute atomic E-state index is 13.1. The number of halogens is 2. The lowest BCUT2D eigenvalue weighted by molar-refractivity contribution is -0.150. The van der Waals surface area contributed by atoms with Gasteiger partial charge in [-0.25, -0.2) is 12.8 Å². The van der Waals surface area contributed by atoms with E-state index < -0.39 is 27.2 Å². The zero-order valence-electron chi connectivity index (χ0n) is 11.3. The lowest BCUT2D eigenvalue weighted by Crippen LogP contribution is -2.45. The quantitative estimate of drug-likeness (QED) is 0.874. The predicted molar refractivity (Wildman–Crippen MR) is 77.8 cm³/mol. The van der Waals surface area contributed by atoms with E-state index in [9.17, 15) is 17.6 Å². The van der Waals surface area contributed by atoms with Crippen molar-refractivity contribution in [2.45, 2.75) is 24.7 Å². The van der Waals surface area contributed by atoms with Crippen LogP contribution in [0.3, 0.4) is 0 Å². The Kier molecular flexibility index (Phi) is 4.41. The molecule has 0 spiro atoms. The minimum absolute atomic E-state index is 0.0113. The molecule has 21 heavy (non-hydrogen) atoms. The molecular weight excluding hydrogens is 365 g/mol. The highest BCUT2D eigenvalue weighted by Crippen LogP contribution is 2.34. The van der Waals surface area contributed by atoms with E-state index >= 15 is 0 Å². The van der Waals surface area contributed by atoms with Gasteiger partial charge in [-0.1, -0.05) is 0 Å². The van der Waals surface area contributed by atoms with E-state index in [1.165, 1.54) is 10.4 Å². The van der Waals surface area contributed by atoms with Gasteiger partial charge in [-0.15, -0.1) is 0 Å². The zero-order chi connectivity index (χ0) is 15.8. The first kappa shape index (κ1) is 16.4. The number of nitrogens with zero attached hydrogens (tertiary/aromatic N) is 1. The summed E-state index contributed by atoms with van der Waals surface area (Å²) in [6.45, 7) is 1.89. The van der Waals surface area contributed by atoms with Gasteiger partial charge in [0.1, 0.15) is 5.82 Å². The Labute approximate surface area is 130 Å². The molecule has 0 aliphatic carbocycles. The summed E-state index contributed by atoms with van der Waals surface area (Å²) in [6.07, 6.45) is 0.501. The fraction of sp³-hybridized carbons (Fsp3) is 0.462. The van der Waals surface area contributed by atoms with Crippen molar-refractivity contribution in [3.05, 3.63) is 28.5 Å². The number of hydrogen-bond acceptors (Lipinski definition) is 3. The maximum atomic E-state index is 13.1. The van der Waals surface area contributed by atoms with Crippen molar-refractivity contribution >= 4 is 31.9 Å². The molecule has 1 N–H and O–H groups in total. The van der Waals surface area contributed by atoms with Crippen molar-refractivity contribution in [1.82, 2.24) is 4.31 Å². The third-order valence-corrected chi connectivity index (χ3v) is 6.73. The topological polar surface area (TPSA) is 74.7 Å². The van der Waals surface area contributed by atoms with Gasteiger partial charge in [0.15, 0.2) is 0 Å². The molecule has 0 saturated carbocycles. The molecule has 0 amide bonds. The second-order valence-electron chi connectivity index (χ2n) is 5.34. The monoisotopic (exact) mass is 379 g/mol. The normalized spacial score (nSPS) is 19.4. The first-order valence-corrected chi connectivity index (χ1v) is 8.59. The van der Waals surface area contributed by atoms with Crippen molar-refractivity contribution in [1.29, 1.82) is 0 Å². The summed E-state index contributed by atoms with van der Waals surface area (Å²) in [6, 6.07) is 3.39. The van der Waals surface area contributed by atoms with Crippen LogP contribution in [-0.2, 0) is 14.8 Å². The highest BCUT2D eigenvalue weighted by molar-refractivity contribution is 9.10. The number of rotatable bonds is 3. The van der Waals surface area contributed by atoms with Crippen molar-refractivity contribution in [2.75, 3.05) is 13.1 Å². The average molecular weight is 380 g/mol. The van der Waals surface area contributed by atoms with Crippen molar-refractivity contribution in [3.63, 3.8) is 0 Å². The molecule has 1 heterocycles. The third-order valence-electron chi connectivity index (χ3n) is 3.85. The van der Waals surface area contributed by atoms with Crippen LogP contribution in [0.4, 0.5) is 4.39 Å². The summed E-state index contributed by atoms with van der Waals surface area (Å²) in [4.78, 5) is 11.2. The van der Waals surface area contributed by atoms with Crippen molar-refractivity contribution < 1.29 is 22.7 Å². The zero-order valence-corrected chi connectivity index (χ0v) is 13.7. The van der Waals surface area contributed by atoms with Crippen LogP contribution in [0, 0.1) is 11.2 Å². The minimum Gasteiger partial charge on any atom is -0.481 e. The minimum atomic E-state index is -3.76. The molecule has 116 valence electrons. The SMILES string of the molecule is CC1(C(=O)O)CCN(S(=O)(=O)c2ccc(F)cc2Br)CC1. The number of carboxylic acids is 1. The van der Waals surface area contributed by atoms with Crippen LogP contribution >= 0.6 is 15.9 Å². The number of carbonyl (C=O) groups is 1. The second kappa shape index (κ2) is 5.66. The highest BCUT2D eigenvalue weighted by atomic mass is 79.9. The summed E-state index contributed by atoms with van der Waals surface area (Å²) in [5.41, 5.74) is -0.897. The lowest BCUT2D eigenvalue weighted by Gasteiger charge is -2.35. The molecule has 0 unspecified atom stereocenters. The third kappa shape index (κ3) is 3.12. The molecule has 1 aliphatic heterocycles. The number of piperidine rings is 1. The van der Waals surface area contributed by atoms with Gasteiger partial charge in [0.05, 0.1) is 10.3 Å². The highest BCUT2D eigenvalue weighted by Gasteiger charge is 2.40. The number of hydrogen-bond donors (Lipinski definition) is 1. The molecule has 0 atom stereocenters. The van der Waals surface area contributed by atoms with Crippen LogP contribution in [0.2, 0.25) is 0 Å². The van der Waals surface area contributed by atoms with Crippen LogP contribution in [0.25, 0.3) is 0 Å². The van der Waals surface area contributed by atoms with Gasteiger partial charge >= 0.3 is 5.97 Å². The molecule has 0 radical (unpaired) electrons. The van der Waals surface area contributed by atoms with Crippen LogP contribution in [0.5, 0.6) is 0 Å². The molecule has 0 bridgehead atoms. The van der Waals surface area contributed by atoms with Gasteiger partial charge in [0, 0.05) is 17.6 Å². The molecule has 1 fully saturated rings. The number of sulfonamides is 1.